The van der Waals surface area contributed by atoms with Crippen molar-refractivity contribution in [1.29, 1.82) is 0 Å². The van der Waals surface area contributed by atoms with Crippen LogP contribution in [-0.2, 0) is 18.3 Å². The third-order valence-corrected chi connectivity index (χ3v) is 5.38. The summed E-state index contributed by atoms with van der Waals surface area (Å²) in [5.41, 5.74) is 3.45. The molecule has 0 aliphatic rings. The van der Waals surface area contributed by atoms with E-state index in [1.54, 1.807) is 18.3 Å². The Morgan fingerprint density at radius 2 is 1.84 bits per heavy atom. The molecule has 0 aliphatic carbocycles. The van der Waals surface area contributed by atoms with Gasteiger partial charge in [0.25, 0.3) is 0 Å². The summed E-state index contributed by atoms with van der Waals surface area (Å²) >= 11 is 3.45. The molecule has 0 aliphatic heterocycles. The number of ether oxygens (including phenoxy) is 1. The van der Waals surface area contributed by atoms with E-state index in [2.05, 4.69) is 26.2 Å². The van der Waals surface area contributed by atoms with Crippen molar-refractivity contribution >= 4 is 44.4 Å². The molecule has 0 fully saturated rings. The molecule has 0 radical (unpaired) electrons. The van der Waals surface area contributed by atoms with Crippen molar-refractivity contribution < 1.29 is 9.53 Å². The zero-order valence-corrected chi connectivity index (χ0v) is 19.8. The second-order valence-corrected chi connectivity index (χ2v) is 8.73. The summed E-state index contributed by atoms with van der Waals surface area (Å²) in [7, 11) is 5.72. The quantitative estimate of drug-likeness (QED) is 0.374. The third kappa shape index (κ3) is 5.33. The molecule has 8 heteroatoms. The van der Waals surface area contributed by atoms with Gasteiger partial charge in [0, 0.05) is 35.5 Å². The summed E-state index contributed by atoms with van der Waals surface area (Å²) in [6.45, 7) is 0.389. The predicted molar refractivity (Wildman–Crippen MR) is 130 cm³/mol. The van der Waals surface area contributed by atoms with Crippen LogP contribution < -0.4 is 10.1 Å². The smallest absolute Gasteiger partial charge is 0.208 e. The van der Waals surface area contributed by atoms with Gasteiger partial charge in [-0.05, 0) is 56.6 Å². The Morgan fingerprint density at radius 3 is 2.59 bits per heavy atom. The highest BCUT2D eigenvalue weighted by Crippen LogP contribution is 2.28. The first-order chi connectivity index (χ1) is 15.4. The van der Waals surface area contributed by atoms with E-state index in [0.717, 1.165) is 27.1 Å². The van der Waals surface area contributed by atoms with Gasteiger partial charge in [-0.25, -0.2) is 4.98 Å². The number of Topliss-reactive ketones (excluding diaryl/α,β-unsaturated/α-hetero) is 1. The molecule has 2 aromatic carbocycles. The summed E-state index contributed by atoms with van der Waals surface area (Å²) in [6.07, 6.45) is 1.94. The molecule has 1 N–H and O–H groups in total. The molecule has 0 spiro atoms. The molecule has 0 saturated carbocycles. The summed E-state index contributed by atoms with van der Waals surface area (Å²) < 4.78 is 9.06. The van der Waals surface area contributed by atoms with Crippen molar-refractivity contribution in [2.24, 2.45) is 7.05 Å². The number of aromatic nitrogens is 3. The SMILES string of the molecule is CN(C)CC(=O)Cc1cc(Oc2ccc3c(c2)nc(Nc2ccc(Br)cc2)n3C)ccn1. The number of nitrogens with zero attached hydrogens (tertiary/aromatic N) is 4. The standard InChI is InChI=1S/C24H24BrN5O2/c1-29(2)15-19(31)12-18-13-21(10-11-26-18)32-20-8-9-23-22(14-20)28-24(30(23)3)27-17-6-4-16(25)5-7-17/h4-11,13-14H,12,15H2,1-3H3,(H,27,28). The number of fused-ring (bicyclic) bond motifs is 1. The summed E-state index contributed by atoms with van der Waals surface area (Å²) in [5.74, 6) is 2.16. The van der Waals surface area contributed by atoms with E-state index in [4.69, 9.17) is 9.72 Å². The molecule has 0 unspecified atom stereocenters. The fourth-order valence-electron chi connectivity index (χ4n) is 3.38. The predicted octanol–water partition coefficient (Wildman–Crippen LogP) is 4.94. The molecule has 0 amide bonds. The number of ketones is 1. The lowest BCUT2D eigenvalue weighted by molar-refractivity contribution is -0.119. The van der Waals surface area contributed by atoms with Gasteiger partial charge in [-0.2, -0.15) is 0 Å². The minimum atomic E-state index is 0.111. The number of pyridine rings is 1. The average Bonchev–Trinajstić information content (AvgIpc) is 3.04. The first-order valence-corrected chi connectivity index (χ1v) is 10.9. The van der Waals surface area contributed by atoms with Gasteiger partial charge in [0.1, 0.15) is 11.5 Å². The number of likely N-dealkylation sites (N-methyl/N-ethyl adjacent to an activating group) is 1. The van der Waals surface area contributed by atoms with Crippen molar-refractivity contribution in [3.63, 3.8) is 0 Å². The molecular formula is C24H24BrN5O2. The number of aryl methyl sites for hydroxylation is 1. The number of nitrogens with one attached hydrogen (secondary N) is 1. The third-order valence-electron chi connectivity index (χ3n) is 4.85. The van der Waals surface area contributed by atoms with Gasteiger partial charge in [0.2, 0.25) is 5.95 Å². The van der Waals surface area contributed by atoms with Crippen LogP contribution >= 0.6 is 15.9 Å². The first kappa shape index (κ1) is 22.0. The van der Waals surface area contributed by atoms with Gasteiger partial charge in [-0.1, -0.05) is 15.9 Å². The van der Waals surface area contributed by atoms with E-state index < -0.39 is 0 Å². The fourth-order valence-corrected chi connectivity index (χ4v) is 3.64. The summed E-state index contributed by atoms with van der Waals surface area (Å²) in [6, 6.07) is 17.3. The highest BCUT2D eigenvalue weighted by molar-refractivity contribution is 9.10. The maximum atomic E-state index is 12.1. The lowest BCUT2D eigenvalue weighted by Crippen LogP contribution is -2.23. The van der Waals surface area contributed by atoms with E-state index in [1.807, 2.05) is 73.1 Å². The molecule has 4 aromatic rings. The van der Waals surface area contributed by atoms with E-state index in [1.165, 1.54) is 0 Å². The molecule has 32 heavy (non-hydrogen) atoms. The number of imidazole rings is 1. The highest BCUT2D eigenvalue weighted by atomic mass is 79.9. The minimum Gasteiger partial charge on any atom is -0.457 e. The van der Waals surface area contributed by atoms with Crippen molar-refractivity contribution in [3.8, 4) is 11.5 Å². The first-order valence-electron chi connectivity index (χ1n) is 10.2. The van der Waals surface area contributed by atoms with Crippen molar-refractivity contribution in [1.82, 2.24) is 19.4 Å². The van der Waals surface area contributed by atoms with E-state index in [9.17, 15) is 4.79 Å². The van der Waals surface area contributed by atoms with Crippen LogP contribution in [0.4, 0.5) is 11.6 Å². The highest BCUT2D eigenvalue weighted by Gasteiger charge is 2.11. The Kier molecular flexibility index (Phi) is 6.53. The molecule has 0 bridgehead atoms. The average molecular weight is 494 g/mol. The van der Waals surface area contributed by atoms with Crippen molar-refractivity contribution in [3.05, 3.63) is 71.0 Å². The maximum Gasteiger partial charge on any atom is 0.208 e. The number of hydrogen-bond donors (Lipinski definition) is 1. The zero-order chi connectivity index (χ0) is 22.7. The van der Waals surface area contributed by atoms with Crippen LogP contribution in [0.2, 0.25) is 0 Å². The number of halogens is 1. The minimum absolute atomic E-state index is 0.111. The largest absolute Gasteiger partial charge is 0.457 e. The molecular weight excluding hydrogens is 470 g/mol. The number of benzene rings is 2. The lowest BCUT2D eigenvalue weighted by atomic mass is 10.2. The van der Waals surface area contributed by atoms with Gasteiger partial charge in [0.15, 0.2) is 5.78 Å². The van der Waals surface area contributed by atoms with Crippen LogP contribution in [0.25, 0.3) is 11.0 Å². The molecule has 0 atom stereocenters. The Labute approximate surface area is 195 Å². The van der Waals surface area contributed by atoms with E-state index in [-0.39, 0.29) is 12.2 Å². The summed E-state index contributed by atoms with van der Waals surface area (Å²) in [5, 5.41) is 3.34. The van der Waals surface area contributed by atoms with Crippen LogP contribution in [0, 0.1) is 0 Å². The zero-order valence-electron chi connectivity index (χ0n) is 18.2. The van der Waals surface area contributed by atoms with Gasteiger partial charge in [0.05, 0.1) is 29.7 Å². The lowest BCUT2D eigenvalue weighted by Gasteiger charge is -2.09. The molecule has 164 valence electrons. The number of carbonyl (C=O) groups is 1. The van der Waals surface area contributed by atoms with Crippen LogP contribution in [0.5, 0.6) is 11.5 Å². The van der Waals surface area contributed by atoms with Gasteiger partial charge < -0.3 is 19.5 Å². The van der Waals surface area contributed by atoms with Crippen LogP contribution in [0.3, 0.4) is 0 Å². The van der Waals surface area contributed by atoms with Gasteiger partial charge in [-0.3, -0.25) is 9.78 Å². The van der Waals surface area contributed by atoms with Gasteiger partial charge >= 0.3 is 0 Å². The molecule has 0 saturated heterocycles. The normalized spacial score (nSPS) is 11.2. The Balaban J connectivity index is 1.51. The van der Waals surface area contributed by atoms with E-state index in [0.29, 0.717) is 23.7 Å². The fraction of sp³-hybridized carbons (Fsp3) is 0.208. The topological polar surface area (TPSA) is 72.3 Å². The van der Waals surface area contributed by atoms with Crippen LogP contribution in [0.15, 0.2) is 65.3 Å². The van der Waals surface area contributed by atoms with Crippen molar-refractivity contribution in [2.45, 2.75) is 6.42 Å². The van der Waals surface area contributed by atoms with E-state index >= 15 is 0 Å². The number of rotatable bonds is 8. The second kappa shape index (κ2) is 9.50. The summed E-state index contributed by atoms with van der Waals surface area (Å²) in [4.78, 5) is 22.9. The molecule has 2 heterocycles. The Morgan fingerprint density at radius 1 is 1.09 bits per heavy atom. The number of anilines is 2. The number of carbonyl (C=O) groups excluding carboxylic acids is 1. The maximum absolute atomic E-state index is 12.1. The molecule has 7 nitrogen and oxygen atoms in total. The monoisotopic (exact) mass is 493 g/mol. The number of hydrogen-bond acceptors (Lipinski definition) is 6. The molecule has 2 aromatic heterocycles. The van der Waals surface area contributed by atoms with Crippen LogP contribution in [0.1, 0.15) is 5.69 Å². The van der Waals surface area contributed by atoms with Gasteiger partial charge in [-0.15, -0.1) is 0 Å². The second-order valence-electron chi connectivity index (χ2n) is 7.82. The Hall–Kier alpha value is -3.23. The van der Waals surface area contributed by atoms with Crippen LogP contribution in [-0.4, -0.2) is 45.9 Å². The Bertz CT molecular complexity index is 1250. The molecule has 4 rings (SSSR count). The van der Waals surface area contributed by atoms with Crippen molar-refractivity contribution in [2.75, 3.05) is 26.0 Å².